The summed E-state index contributed by atoms with van der Waals surface area (Å²) < 4.78 is 20.2. The van der Waals surface area contributed by atoms with Gasteiger partial charge in [0.2, 0.25) is 5.91 Å². The molecule has 0 atom stereocenters. The molecule has 3 amide bonds. The lowest BCUT2D eigenvalue weighted by Crippen LogP contribution is -2.28. The Morgan fingerprint density at radius 2 is 1.91 bits per heavy atom. The highest BCUT2D eigenvalue weighted by atomic mass is 19.1. The van der Waals surface area contributed by atoms with Crippen molar-refractivity contribution in [2.75, 3.05) is 31.8 Å². The Bertz CT molecular complexity index is 1820. The highest BCUT2D eigenvalue weighted by Crippen LogP contribution is 2.38. The van der Waals surface area contributed by atoms with Crippen LogP contribution in [-0.2, 0) is 11.3 Å². The molecular weight excluding hydrogens is 581 g/mol. The molecule has 0 unspecified atom stereocenters. The number of pyridine rings is 2. The Morgan fingerprint density at radius 3 is 2.58 bits per heavy atom. The van der Waals surface area contributed by atoms with Gasteiger partial charge in [-0.3, -0.25) is 24.4 Å². The normalized spacial score (nSPS) is 12.1. The lowest BCUT2D eigenvalue weighted by atomic mass is 10.0. The maximum absolute atomic E-state index is 14.5. The second-order valence-corrected chi connectivity index (χ2v) is 10.2. The van der Waals surface area contributed by atoms with E-state index >= 15 is 0 Å². The first-order chi connectivity index (χ1) is 21.7. The zero-order chi connectivity index (χ0) is 32.1. The van der Waals surface area contributed by atoms with Crippen molar-refractivity contribution < 1.29 is 23.5 Å². The summed E-state index contributed by atoms with van der Waals surface area (Å²) in [6.45, 7) is -0.154. The number of aromatic nitrogens is 4. The van der Waals surface area contributed by atoms with E-state index in [1.807, 2.05) is 0 Å². The second-order valence-electron chi connectivity index (χ2n) is 10.2. The van der Waals surface area contributed by atoms with Gasteiger partial charge in [-0.25, -0.2) is 4.39 Å². The fourth-order valence-corrected chi connectivity index (χ4v) is 4.49. The molecule has 1 aliphatic rings. The standard InChI is InChI=1S/C31H28FN9O4/c1-34-30(43)27-23(13-25(39-40-27)38-29(42)17-7-8-17)37-21-6-4-5-20(28(21)45-3)19-9-10-22(36-15-19)31(44)41(2)16-24-26(32)18(14-33)11-12-35-24/h4-6,9-13,15,17H,7-8,16H2,1-3H3,(H,34,43)(H2,37,38,39,42). The minimum absolute atomic E-state index is 0.0115. The Hall–Kier alpha value is -5.97. The Balaban J connectivity index is 1.38. The molecule has 228 valence electrons. The summed E-state index contributed by atoms with van der Waals surface area (Å²) in [5.74, 6) is -1.31. The number of benzene rings is 1. The molecule has 5 rings (SSSR count). The number of anilines is 3. The number of para-hydroxylation sites is 1. The molecule has 14 heteroatoms. The first-order valence-corrected chi connectivity index (χ1v) is 13.8. The van der Waals surface area contributed by atoms with Crippen LogP contribution in [0.25, 0.3) is 11.1 Å². The van der Waals surface area contributed by atoms with Crippen LogP contribution in [-0.4, -0.2) is 64.0 Å². The topological polar surface area (TPSA) is 175 Å². The molecule has 1 aliphatic carbocycles. The third kappa shape index (κ3) is 6.67. The molecule has 3 N–H and O–H groups in total. The quantitative estimate of drug-likeness (QED) is 0.241. The van der Waals surface area contributed by atoms with Crippen molar-refractivity contribution in [2.24, 2.45) is 5.92 Å². The molecule has 13 nitrogen and oxygen atoms in total. The third-order valence-corrected chi connectivity index (χ3v) is 7.03. The van der Waals surface area contributed by atoms with Crippen LogP contribution >= 0.6 is 0 Å². The monoisotopic (exact) mass is 609 g/mol. The van der Waals surface area contributed by atoms with Crippen molar-refractivity contribution in [3.63, 3.8) is 0 Å². The van der Waals surface area contributed by atoms with Gasteiger partial charge in [0.15, 0.2) is 17.3 Å². The predicted octanol–water partition coefficient (Wildman–Crippen LogP) is 3.68. The van der Waals surface area contributed by atoms with Gasteiger partial charge in [0.05, 0.1) is 36.3 Å². The van der Waals surface area contributed by atoms with Crippen LogP contribution in [0, 0.1) is 23.1 Å². The predicted molar refractivity (Wildman–Crippen MR) is 161 cm³/mol. The molecule has 0 aliphatic heterocycles. The average Bonchev–Trinajstić information content (AvgIpc) is 3.91. The van der Waals surface area contributed by atoms with E-state index in [9.17, 15) is 18.8 Å². The average molecular weight is 610 g/mol. The summed E-state index contributed by atoms with van der Waals surface area (Å²) in [6.07, 6.45) is 4.46. The number of hydrogen-bond acceptors (Lipinski definition) is 10. The summed E-state index contributed by atoms with van der Waals surface area (Å²) in [5, 5.41) is 25.5. The summed E-state index contributed by atoms with van der Waals surface area (Å²) >= 11 is 0. The fraction of sp³-hybridized carbons (Fsp3) is 0.226. The first kappa shape index (κ1) is 30.5. The van der Waals surface area contributed by atoms with Crippen LogP contribution in [0.4, 0.5) is 21.6 Å². The van der Waals surface area contributed by atoms with Crippen LogP contribution < -0.4 is 20.7 Å². The molecule has 3 heterocycles. The molecular formula is C31H28FN9O4. The molecule has 1 saturated carbocycles. The molecule has 0 bridgehead atoms. The van der Waals surface area contributed by atoms with Gasteiger partial charge in [-0.2, -0.15) is 5.26 Å². The van der Waals surface area contributed by atoms with Gasteiger partial charge >= 0.3 is 0 Å². The van der Waals surface area contributed by atoms with Gasteiger partial charge in [-0.15, -0.1) is 10.2 Å². The smallest absolute Gasteiger partial charge is 0.273 e. The van der Waals surface area contributed by atoms with Gasteiger partial charge < -0.3 is 25.6 Å². The van der Waals surface area contributed by atoms with Crippen molar-refractivity contribution in [2.45, 2.75) is 19.4 Å². The Morgan fingerprint density at radius 1 is 1.11 bits per heavy atom. The van der Waals surface area contributed by atoms with Gasteiger partial charge in [-0.05, 0) is 31.0 Å². The summed E-state index contributed by atoms with van der Waals surface area (Å²) in [7, 11) is 4.45. The fourth-order valence-electron chi connectivity index (χ4n) is 4.49. The molecule has 45 heavy (non-hydrogen) atoms. The number of amides is 3. The number of hydrogen-bond donors (Lipinski definition) is 3. The minimum Gasteiger partial charge on any atom is -0.494 e. The zero-order valence-corrected chi connectivity index (χ0v) is 24.6. The molecule has 0 saturated heterocycles. The number of rotatable bonds is 10. The second kappa shape index (κ2) is 13.1. The van der Waals surface area contributed by atoms with Gasteiger partial charge in [0.25, 0.3) is 11.8 Å². The molecule has 1 aromatic carbocycles. The van der Waals surface area contributed by atoms with E-state index in [0.29, 0.717) is 28.3 Å². The number of ether oxygens (including phenoxy) is 1. The lowest BCUT2D eigenvalue weighted by Gasteiger charge is -2.18. The van der Waals surface area contributed by atoms with E-state index in [4.69, 9.17) is 10.00 Å². The van der Waals surface area contributed by atoms with E-state index < -0.39 is 17.6 Å². The van der Waals surface area contributed by atoms with E-state index in [2.05, 4.69) is 36.1 Å². The number of methoxy groups -OCH3 is 1. The Kier molecular flexibility index (Phi) is 8.89. The maximum atomic E-state index is 14.5. The van der Waals surface area contributed by atoms with Crippen LogP contribution in [0.5, 0.6) is 5.75 Å². The van der Waals surface area contributed by atoms with Crippen LogP contribution in [0.1, 0.15) is 45.1 Å². The van der Waals surface area contributed by atoms with Crippen molar-refractivity contribution >= 4 is 34.9 Å². The van der Waals surface area contributed by atoms with Gasteiger partial charge in [0, 0.05) is 49.6 Å². The molecule has 4 aromatic rings. The highest BCUT2D eigenvalue weighted by Gasteiger charge is 2.30. The molecule has 3 aromatic heterocycles. The van der Waals surface area contributed by atoms with Crippen molar-refractivity contribution in [3.05, 3.63) is 83.3 Å². The summed E-state index contributed by atoms with van der Waals surface area (Å²) in [6, 6.07) is 13.1. The molecule has 0 radical (unpaired) electrons. The SMILES string of the molecule is CNC(=O)c1nnc(NC(=O)C2CC2)cc1Nc1cccc(-c2ccc(C(=O)N(C)Cc3nccc(C#N)c3F)nc2)c1OC. The minimum atomic E-state index is -0.771. The van der Waals surface area contributed by atoms with Crippen LogP contribution in [0.15, 0.2) is 54.9 Å². The number of nitrogens with one attached hydrogen (secondary N) is 3. The number of nitriles is 1. The largest absolute Gasteiger partial charge is 0.494 e. The number of carbonyl (C=O) groups excluding carboxylic acids is 3. The van der Waals surface area contributed by atoms with Crippen molar-refractivity contribution in [3.8, 4) is 22.9 Å². The van der Waals surface area contributed by atoms with E-state index in [-0.39, 0.29) is 46.8 Å². The number of nitrogens with zero attached hydrogens (tertiary/aromatic N) is 6. The van der Waals surface area contributed by atoms with E-state index in [1.54, 1.807) is 30.3 Å². The lowest BCUT2D eigenvalue weighted by molar-refractivity contribution is -0.117. The van der Waals surface area contributed by atoms with Crippen molar-refractivity contribution in [1.29, 1.82) is 5.26 Å². The zero-order valence-electron chi connectivity index (χ0n) is 24.6. The van der Waals surface area contributed by atoms with Crippen LogP contribution in [0.2, 0.25) is 0 Å². The third-order valence-electron chi connectivity index (χ3n) is 7.03. The molecule has 1 fully saturated rings. The highest BCUT2D eigenvalue weighted by molar-refractivity contribution is 6.00. The van der Waals surface area contributed by atoms with E-state index in [1.165, 1.54) is 56.7 Å². The summed E-state index contributed by atoms with van der Waals surface area (Å²) in [4.78, 5) is 47.4. The van der Waals surface area contributed by atoms with E-state index in [0.717, 1.165) is 12.8 Å². The molecule has 0 spiro atoms. The van der Waals surface area contributed by atoms with Crippen LogP contribution in [0.3, 0.4) is 0 Å². The van der Waals surface area contributed by atoms with Crippen molar-refractivity contribution in [1.82, 2.24) is 30.4 Å². The number of carbonyl (C=O) groups is 3. The van der Waals surface area contributed by atoms with Gasteiger partial charge in [0.1, 0.15) is 17.5 Å². The number of halogens is 1. The van der Waals surface area contributed by atoms with Gasteiger partial charge in [-0.1, -0.05) is 18.2 Å². The summed E-state index contributed by atoms with van der Waals surface area (Å²) in [5.41, 5.74) is 1.98. The first-order valence-electron chi connectivity index (χ1n) is 13.8. The maximum Gasteiger partial charge on any atom is 0.273 e. The Labute approximate surface area is 257 Å².